The zero-order valence-corrected chi connectivity index (χ0v) is 15.0. The van der Waals surface area contributed by atoms with Gasteiger partial charge in [-0.1, -0.05) is 18.2 Å². The minimum absolute atomic E-state index is 0.119. The summed E-state index contributed by atoms with van der Waals surface area (Å²) < 4.78 is 88.4. The molecule has 0 bridgehead atoms. The monoisotopic (exact) mass is 408 g/mol. The van der Waals surface area contributed by atoms with E-state index in [2.05, 4.69) is 10.0 Å². The van der Waals surface area contributed by atoms with E-state index in [1.54, 1.807) is 13.0 Å². The number of benzene rings is 2. The van der Waals surface area contributed by atoms with E-state index in [9.17, 15) is 30.0 Å². The van der Waals surface area contributed by atoms with Gasteiger partial charge >= 0.3 is 5.51 Å². The molecule has 11 heteroatoms. The lowest BCUT2D eigenvalue weighted by Gasteiger charge is -2.16. The molecule has 2 aromatic carbocycles. The molecule has 2 aromatic rings. The van der Waals surface area contributed by atoms with E-state index in [0.29, 0.717) is 12.6 Å². The second-order valence-electron chi connectivity index (χ2n) is 5.11. The highest BCUT2D eigenvalue weighted by Crippen LogP contribution is 2.34. The molecular weight excluding hydrogens is 393 g/mol. The standard InChI is InChI=1S/C15H15F3N2O4S2/c1-2-19-13-9-8-12(25(21,22)15(16,17)18)10-14(13)20-26(23,24)11-6-4-3-5-7-11/h3-10,19-20H,2H2,1H3. The fourth-order valence-corrected chi connectivity index (χ4v) is 3.94. The van der Waals surface area contributed by atoms with Crippen LogP contribution in [-0.2, 0) is 19.9 Å². The van der Waals surface area contributed by atoms with Crippen LogP contribution in [0, 0.1) is 0 Å². The Hall–Kier alpha value is -2.27. The number of sulfone groups is 1. The van der Waals surface area contributed by atoms with Crippen LogP contribution in [0.5, 0.6) is 0 Å². The van der Waals surface area contributed by atoms with Gasteiger partial charge in [-0.15, -0.1) is 0 Å². The van der Waals surface area contributed by atoms with Gasteiger partial charge in [-0.05, 0) is 37.3 Å². The number of nitrogens with one attached hydrogen (secondary N) is 2. The maximum atomic E-state index is 12.8. The first kappa shape index (κ1) is 20.0. The third-order valence-electron chi connectivity index (χ3n) is 3.27. The highest BCUT2D eigenvalue weighted by atomic mass is 32.2. The summed E-state index contributed by atoms with van der Waals surface area (Å²) >= 11 is 0. The average Bonchev–Trinajstić information content (AvgIpc) is 2.56. The van der Waals surface area contributed by atoms with Gasteiger partial charge in [0.1, 0.15) is 0 Å². The molecule has 2 rings (SSSR count). The molecule has 0 amide bonds. The average molecular weight is 408 g/mol. The Morgan fingerprint density at radius 3 is 2.04 bits per heavy atom. The molecule has 26 heavy (non-hydrogen) atoms. The van der Waals surface area contributed by atoms with E-state index in [4.69, 9.17) is 0 Å². The van der Waals surface area contributed by atoms with E-state index >= 15 is 0 Å². The minimum atomic E-state index is -5.61. The zero-order valence-electron chi connectivity index (χ0n) is 13.4. The second kappa shape index (κ2) is 7.16. The normalized spacial score (nSPS) is 12.6. The van der Waals surface area contributed by atoms with E-state index in [1.807, 2.05) is 0 Å². The number of alkyl halides is 3. The highest BCUT2D eigenvalue weighted by Gasteiger charge is 2.47. The number of halogens is 3. The van der Waals surface area contributed by atoms with Crippen molar-refractivity contribution in [2.45, 2.75) is 22.2 Å². The summed E-state index contributed by atoms with van der Waals surface area (Å²) in [5, 5.41) is 2.76. The number of hydrogen-bond acceptors (Lipinski definition) is 5. The fourth-order valence-electron chi connectivity index (χ4n) is 2.06. The fraction of sp³-hybridized carbons (Fsp3) is 0.200. The molecule has 0 aliphatic rings. The number of hydrogen-bond donors (Lipinski definition) is 2. The van der Waals surface area contributed by atoms with Gasteiger partial charge in [-0.2, -0.15) is 13.2 Å². The molecule has 0 fully saturated rings. The molecule has 2 N–H and O–H groups in total. The third-order valence-corrected chi connectivity index (χ3v) is 6.14. The van der Waals surface area contributed by atoms with Crippen molar-refractivity contribution < 1.29 is 30.0 Å². The first-order valence-electron chi connectivity index (χ1n) is 7.26. The van der Waals surface area contributed by atoms with Crippen molar-refractivity contribution in [2.75, 3.05) is 16.6 Å². The predicted molar refractivity (Wildman–Crippen MR) is 91.1 cm³/mol. The quantitative estimate of drug-likeness (QED) is 0.766. The van der Waals surface area contributed by atoms with E-state index in [-0.39, 0.29) is 16.3 Å². The van der Waals surface area contributed by atoms with Crippen LogP contribution in [-0.4, -0.2) is 28.9 Å². The lowest BCUT2D eigenvalue weighted by Crippen LogP contribution is -2.23. The molecule has 142 valence electrons. The van der Waals surface area contributed by atoms with Crippen molar-refractivity contribution >= 4 is 31.2 Å². The molecule has 0 unspecified atom stereocenters. The number of sulfonamides is 1. The van der Waals surface area contributed by atoms with Crippen molar-refractivity contribution in [2.24, 2.45) is 0 Å². The molecule has 0 atom stereocenters. The Balaban J connectivity index is 2.54. The smallest absolute Gasteiger partial charge is 0.384 e. The summed E-state index contributed by atoms with van der Waals surface area (Å²) in [6.07, 6.45) is 0. The lowest BCUT2D eigenvalue weighted by atomic mass is 10.2. The highest BCUT2D eigenvalue weighted by molar-refractivity contribution is 7.93. The summed E-state index contributed by atoms with van der Waals surface area (Å²) in [4.78, 5) is -1.18. The van der Waals surface area contributed by atoms with Crippen LogP contribution >= 0.6 is 0 Å². The number of rotatable bonds is 6. The van der Waals surface area contributed by atoms with Gasteiger partial charge in [0.25, 0.3) is 19.9 Å². The van der Waals surface area contributed by atoms with Crippen LogP contribution < -0.4 is 10.0 Å². The van der Waals surface area contributed by atoms with Gasteiger partial charge in [0.15, 0.2) is 0 Å². The van der Waals surface area contributed by atoms with Crippen LogP contribution in [0.3, 0.4) is 0 Å². The van der Waals surface area contributed by atoms with E-state index in [1.165, 1.54) is 24.3 Å². The Morgan fingerprint density at radius 2 is 1.50 bits per heavy atom. The topological polar surface area (TPSA) is 92.3 Å². The molecule has 0 heterocycles. The molecule has 0 spiro atoms. The molecule has 0 saturated heterocycles. The van der Waals surface area contributed by atoms with Gasteiger partial charge in [-0.25, -0.2) is 16.8 Å². The minimum Gasteiger partial charge on any atom is -0.384 e. The molecule has 6 nitrogen and oxygen atoms in total. The van der Waals surface area contributed by atoms with Crippen molar-refractivity contribution in [3.63, 3.8) is 0 Å². The van der Waals surface area contributed by atoms with E-state index < -0.39 is 30.3 Å². The van der Waals surface area contributed by atoms with Crippen LogP contribution in [0.4, 0.5) is 24.5 Å². The van der Waals surface area contributed by atoms with Crippen LogP contribution in [0.2, 0.25) is 0 Å². The van der Waals surface area contributed by atoms with E-state index in [0.717, 1.165) is 12.1 Å². The van der Waals surface area contributed by atoms with Gasteiger partial charge in [-0.3, -0.25) is 4.72 Å². The maximum Gasteiger partial charge on any atom is 0.501 e. The predicted octanol–water partition coefficient (Wildman–Crippen LogP) is 3.21. The summed E-state index contributed by atoms with van der Waals surface area (Å²) in [7, 11) is -9.73. The Kier molecular flexibility index (Phi) is 5.52. The molecule has 0 radical (unpaired) electrons. The Bertz CT molecular complexity index is 989. The van der Waals surface area contributed by atoms with Crippen molar-refractivity contribution in [1.82, 2.24) is 0 Å². The maximum absolute atomic E-state index is 12.8. The summed E-state index contributed by atoms with van der Waals surface area (Å²) in [6, 6.07) is 9.62. The summed E-state index contributed by atoms with van der Waals surface area (Å²) in [6.45, 7) is 2.03. The molecular formula is C15H15F3N2O4S2. The van der Waals surface area contributed by atoms with Gasteiger partial charge < -0.3 is 5.32 Å². The molecule has 0 aliphatic heterocycles. The van der Waals surface area contributed by atoms with Crippen molar-refractivity contribution in [3.8, 4) is 0 Å². The first-order chi connectivity index (χ1) is 12.0. The van der Waals surface area contributed by atoms with Crippen molar-refractivity contribution in [1.29, 1.82) is 0 Å². The van der Waals surface area contributed by atoms with Gasteiger partial charge in [0, 0.05) is 6.54 Å². The summed E-state index contributed by atoms with van der Waals surface area (Å²) in [5.74, 6) is 0. The van der Waals surface area contributed by atoms with Crippen LogP contribution in [0.1, 0.15) is 6.92 Å². The SMILES string of the molecule is CCNc1ccc(S(=O)(=O)C(F)(F)F)cc1NS(=O)(=O)c1ccccc1. The lowest BCUT2D eigenvalue weighted by molar-refractivity contribution is -0.0435. The summed E-state index contributed by atoms with van der Waals surface area (Å²) in [5.41, 5.74) is -5.66. The largest absolute Gasteiger partial charge is 0.501 e. The molecule has 0 saturated carbocycles. The van der Waals surface area contributed by atoms with Crippen molar-refractivity contribution in [3.05, 3.63) is 48.5 Å². The first-order valence-corrected chi connectivity index (χ1v) is 10.2. The third kappa shape index (κ3) is 4.10. The van der Waals surface area contributed by atoms with Gasteiger partial charge in [0.05, 0.1) is 21.2 Å². The second-order valence-corrected chi connectivity index (χ2v) is 8.73. The number of anilines is 2. The van der Waals surface area contributed by atoms with Crippen LogP contribution in [0.15, 0.2) is 58.3 Å². The van der Waals surface area contributed by atoms with Crippen LogP contribution in [0.25, 0.3) is 0 Å². The molecule has 0 aliphatic carbocycles. The molecule has 0 aromatic heterocycles. The van der Waals surface area contributed by atoms with Gasteiger partial charge in [0.2, 0.25) is 0 Å². The Labute approximate surface area is 149 Å². The zero-order chi connectivity index (χ0) is 19.6. The Morgan fingerprint density at radius 1 is 0.885 bits per heavy atom.